The Balaban J connectivity index is 1.89. The summed E-state index contributed by atoms with van der Waals surface area (Å²) in [4.78, 5) is 0. The molecule has 1 aliphatic rings. The Kier molecular flexibility index (Phi) is 7.09. The van der Waals surface area contributed by atoms with Crippen molar-refractivity contribution >= 4 is 15.9 Å². The molecule has 112 valence electrons. The SMILES string of the molecule is CCCNCC(Cc1cccc(Br)c1)CC1CCCC1. The zero-order valence-electron chi connectivity index (χ0n) is 12.7. The van der Waals surface area contributed by atoms with Crippen LogP contribution in [0.2, 0.25) is 0 Å². The summed E-state index contributed by atoms with van der Waals surface area (Å²) in [6, 6.07) is 8.82. The van der Waals surface area contributed by atoms with Crippen LogP contribution in [0.15, 0.2) is 28.7 Å². The molecule has 1 atom stereocenters. The lowest BCUT2D eigenvalue weighted by Crippen LogP contribution is -2.26. The van der Waals surface area contributed by atoms with Gasteiger partial charge in [0.05, 0.1) is 0 Å². The fraction of sp³-hybridized carbons (Fsp3) is 0.667. The van der Waals surface area contributed by atoms with Crippen LogP contribution in [0.25, 0.3) is 0 Å². The number of hydrogen-bond donors (Lipinski definition) is 1. The van der Waals surface area contributed by atoms with Crippen LogP contribution in [-0.4, -0.2) is 13.1 Å². The summed E-state index contributed by atoms with van der Waals surface area (Å²) in [5, 5.41) is 3.63. The monoisotopic (exact) mass is 337 g/mol. The van der Waals surface area contributed by atoms with E-state index in [1.807, 2.05) is 0 Å². The fourth-order valence-electron chi connectivity index (χ4n) is 3.44. The molecule has 1 aromatic carbocycles. The molecular formula is C18H28BrN. The Hall–Kier alpha value is -0.340. The van der Waals surface area contributed by atoms with Crippen molar-refractivity contribution in [3.63, 3.8) is 0 Å². The first-order valence-electron chi connectivity index (χ1n) is 8.23. The molecule has 2 rings (SSSR count). The van der Waals surface area contributed by atoms with Crippen LogP contribution in [0.3, 0.4) is 0 Å². The van der Waals surface area contributed by atoms with E-state index in [0.717, 1.165) is 18.4 Å². The number of nitrogens with one attached hydrogen (secondary N) is 1. The summed E-state index contributed by atoms with van der Waals surface area (Å²) in [5.41, 5.74) is 1.47. The van der Waals surface area contributed by atoms with E-state index in [9.17, 15) is 0 Å². The molecule has 0 spiro atoms. The second-order valence-corrected chi connectivity index (χ2v) is 7.21. The number of hydrogen-bond acceptors (Lipinski definition) is 1. The summed E-state index contributed by atoms with van der Waals surface area (Å²) in [6.07, 6.45) is 9.68. The van der Waals surface area contributed by atoms with Crippen molar-refractivity contribution in [3.05, 3.63) is 34.3 Å². The van der Waals surface area contributed by atoms with E-state index >= 15 is 0 Å². The molecule has 1 aliphatic carbocycles. The Morgan fingerprint density at radius 3 is 2.80 bits per heavy atom. The Morgan fingerprint density at radius 1 is 1.30 bits per heavy atom. The fourth-order valence-corrected chi connectivity index (χ4v) is 3.88. The molecule has 2 heteroatoms. The molecule has 0 saturated heterocycles. The van der Waals surface area contributed by atoms with Gasteiger partial charge in [0.2, 0.25) is 0 Å². The lowest BCUT2D eigenvalue weighted by atomic mass is 9.88. The molecule has 20 heavy (non-hydrogen) atoms. The molecule has 1 saturated carbocycles. The van der Waals surface area contributed by atoms with E-state index in [1.165, 1.54) is 61.5 Å². The normalized spacial score (nSPS) is 17.5. The maximum absolute atomic E-state index is 3.63. The Morgan fingerprint density at radius 2 is 2.10 bits per heavy atom. The van der Waals surface area contributed by atoms with E-state index in [1.54, 1.807) is 0 Å². The van der Waals surface area contributed by atoms with Crippen LogP contribution in [0.4, 0.5) is 0 Å². The van der Waals surface area contributed by atoms with Gasteiger partial charge in [-0.2, -0.15) is 0 Å². The average Bonchev–Trinajstić information content (AvgIpc) is 2.92. The zero-order chi connectivity index (χ0) is 14.2. The second-order valence-electron chi connectivity index (χ2n) is 6.29. The van der Waals surface area contributed by atoms with Crippen molar-refractivity contribution < 1.29 is 0 Å². The highest BCUT2D eigenvalue weighted by atomic mass is 79.9. The predicted molar refractivity (Wildman–Crippen MR) is 91.1 cm³/mol. The van der Waals surface area contributed by atoms with Gasteiger partial charge in [-0.15, -0.1) is 0 Å². The highest BCUT2D eigenvalue weighted by Gasteiger charge is 2.20. The first kappa shape index (κ1) is 16.0. The predicted octanol–water partition coefficient (Wildman–Crippen LogP) is 5.19. The topological polar surface area (TPSA) is 12.0 Å². The molecule has 1 nitrogen and oxygen atoms in total. The highest BCUT2D eigenvalue weighted by molar-refractivity contribution is 9.10. The second kappa shape index (κ2) is 8.84. The van der Waals surface area contributed by atoms with Gasteiger partial charge in [-0.3, -0.25) is 0 Å². The van der Waals surface area contributed by atoms with Gasteiger partial charge in [0.15, 0.2) is 0 Å². The maximum Gasteiger partial charge on any atom is 0.0177 e. The third-order valence-electron chi connectivity index (χ3n) is 4.41. The molecule has 1 fully saturated rings. The first-order chi connectivity index (χ1) is 9.78. The maximum atomic E-state index is 3.63. The van der Waals surface area contributed by atoms with Gasteiger partial charge in [0, 0.05) is 4.47 Å². The van der Waals surface area contributed by atoms with Crippen LogP contribution in [0, 0.1) is 11.8 Å². The third kappa shape index (κ3) is 5.57. The summed E-state index contributed by atoms with van der Waals surface area (Å²) in [5.74, 6) is 1.77. The van der Waals surface area contributed by atoms with Gasteiger partial charge in [-0.25, -0.2) is 0 Å². The van der Waals surface area contributed by atoms with Gasteiger partial charge in [0.25, 0.3) is 0 Å². The third-order valence-corrected chi connectivity index (χ3v) is 4.91. The van der Waals surface area contributed by atoms with Gasteiger partial charge in [-0.05, 0) is 61.9 Å². The van der Waals surface area contributed by atoms with Gasteiger partial charge in [-0.1, -0.05) is 60.7 Å². The van der Waals surface area contributed by atoms with E-state index in [4.69, 9.17) is 0 Å². The molecular weight excluding hydrogens is 310 g/mol. The van der Waals surface area contributed by atoms with Gasteiger partial charge >= 0.3 is 0 Å². The van der Waals surface area contributed by atoms with Crippen LogP contribution >= 0.6 is 15.9 Å². The first-order valence-corrected chi connectivity index (χ1v) is 9.02. The molecule has 0 radical (unpaired) electrons. The quantitative estimate of drug-likeness (QED) is 0.644. The van der Waals surface area contributed by atoms with Crippen LogP contribution in [-0.2, 0) is 6.42 Å². The molecule has 0 bridgehead atoms. The van der Waals surface area contributed by atoms with Crippen LogP contribution in [0.1, 0.15) is 51.0 Å². The van der Waals surface area contributed by atoms with Crippen molar-refractivity contribution in [2.45, 2.75) is 51.9 Å². The van der Waals surface area contributed by atoms with Crippen molar-refractivity contribution in [1.29, 1.82) is 0 Å². The summed E-state index contributed by atoms with van der Waals surface area (Å²) in [6.45, 7) is 4.57. The van der Waals surface area contributed by atoms with Crippen LogP contribution < -0.4 is 5.32 Å². The summed E-state index contributed by atoms with van der Waals surface area (Å²) >= 11 is 3.59. The standard InChI is InChI=1S/C18H28BrN/c1-2-10-20-14-17(11-15-6-3-4-7-15)12-16-8-5-9-18(19)13-16/h5,8-9,13,15,17,20H,2-4,6-7,10-12,14H2,1H3. The van der Waals surface area contributed by atoms with Gasteiger partial charge in [0.1, 0.15) is 0 Å². The van der Waals surface area contributed by atoms with Crippen LogP contribution in [0.5, 0.6) is 0 Å². The van der Waals surface area contributed by atoms with Gasteiger partial charge < -0.3 is 5.32 Å². The minimum atomic E-state index is 0.791. The largest absolute Gasteiger partial charge is 0.316 e. The lowest BCUT2D eigenvalue weighted by molar-refractivity contribution is 0.357. The van der Waals surface area contributed by atoms with E-state index in [2.05, 4.69) is 52.4 Å². The average molecular weight is 338 g/mol. The Labute approximate surface area is 132 Å². The number of rotatable bonds is 8. The van der Waals surface area contributed by atoms with Crippen molar-refractivity contribution in [2.75, 3.05) is 13.1 Å². The molecule has 0 heterocycles. The molecule has 1 aromatic rings. The number of benzene rings is 1. The van der Waals surface area contributed by atoms with Crippen molar-refractivity contribution in [3.8, 4) is 0 Å². The molecule has 0 amide bonds. The molecule has 0 aliphatic heterocycles. The lowest BCUT2D eigenvalue weighted by Gasteiger charge is -2.21. The van der Waals surface area contributed by atoms with E-state index in [-0.39, 0.29) is 0 Å². The minimum absolute atomic E-state index is 0.791. The minimum Gasteiger partial charge on any atom is -0.316 e. The molecule has 1 unspecified atom stereocenters. The summed E-state index contributed by atoms with van der Waals surface area (Å²) < 4.78 is 1.20. The van der Waals surface area contributed by atoms with E-state index in [0.29, 0.717) is 0 Å². The van der Waals surface area contributed by atoms with E-state index < -0.39 is 0 Å². The summed E-state index contributed by atoms with van der Waals surface area (Å²) in [7, 11) is 0. The number of halogens is 1. The highest BCUT2D eigenvalue weighted by Crippen LogP contribution is 2.31. The van der Waals surface area contributed by atoms with Crippen molar-refractivity contribution in [1.82, 2.24) is 5.32 Å². The molecule has 0 aromatic heterocycles. The Bertz CT molecular complexity index is 385. The molecule has 1 N–H and O–H groups in total. The smallest absolute Gasteiger partial charge is 0.0177 e. The van der Waals surface area contributed by atoms with Crippen molar-refractivity contribution in [2.24, 2.45) is 11.8 Å². The zero-order valence-corrected chi connectivity index (χ0v) is 14.3.